The first-order valence-corrected chi connectivity index (χ1v) is 5.72. The van der Waals surface area contributed by atoms with Gasteiger partial charge in [-0.1, -0.05) is 12.1 Å². The maximum absolute atomic E-state index is 8.71. The third-order valence-electron chi connectivity index (χ3n) is 2.52. The van der Waals surface area contributed by atoms with E-state index < -0.39 is 0 Å². The summed E-state index contributed by atoms with van der Waals surface area (Å²) in [5.74, 6) is 0.636. The normalized spacial score (nSPS) is 9.83. The smallest absolute Gasteiger partial charge is 0.223 e. The second-order valence-electron chi connectivity index (χ2n) is 4.14. The average molecular weight is 238 g/mol. The van der Waals surface area contributed by atoms with Gasteiger partial charge in [-0.15, -0.1) is 0 Å². The highest BCUT2D eigenvalue weighted by atomic mass is 15.1. The van der Waals surface area contributed by atoms with Crippen LogP contribution in [-0.4, -0.2) is 9.97 Å². The van der Waals surface area contributed by atoms with E-state index in [4.69, 9.17) is 5.26 Å². The minimum absolute atomic E-state index is 0.636. The van der Waals surface area contributed by atoms with Crippen LogP contribution in [0.2, 0.25) is 0 Å². The fraction of sp³-hybridized carbons (Fsp3) is 0.214. The van der Waals surface area contributed by atoms with E-state index in [1.165, 1.54) is 0 Å². The van der Waals surface area contributed by atoms with Gasteiger partial charge < -0.3 is 5.32 Å². The Kier molecular flexibility index (Phi) is 3.54. The quantitative estimate of drug-likeness (QED) is 0.892. The summed E-state index contributed by atoms with van der Waals surface area (Å²) in [6, 6.07) is 11.5. The zero-order valence-electron chi connectivity index (χ0n) is 10.4. The number of nitrogens with zero attached hydrogens (tertiary/aromatic N) is 3. The molecule has 1 N–H and O–H groups in total. The van der Waals surface area contributed by atoms with Crippen LogP contribution in [0.25, 0.3) is 0 Å². The summed E-state index contributed by atoms with van der Waals surface area (Å²) in [6.45, 7) is 4.54. The third-order valence-corrected chi connectivity index (χ3v) is 2.52. The highest BCUT2D eigenvalue weighted by Crippen LogP contribution is 2.07. The Morgan fingerprint density at radius 1 is 1.11 bits per heavy atom. The molecular formula is C14H14N4. The monoisotopic (exact) mass is 238 g/mol. The number of benzene rings is 1. The number of nitriles is 1. The zero-order valence-corrected chi connectivity index (χ0v) is 10.4. The van der Waals surface area contributed by atoms with E-state index in [0.717, 1.165) is 17.0 Å². The van der Waals surface area contributed by atoms with Crippen LogP contribution in [0.15, 0.2) is 30.3 Å². The lowest BCUT2D eigenvalue weighted by molar-refractivity contribution is 1.00. The molecule has 0 aliphatic rings. The van der Waals surface area contributed by atoms with E-state index in [-0.39, 0.29) is 0 Å². The summed E-state index contributed by atoms with van der Waals surface area (Å²) in [6.07, 6.45) is 0. The molecule has 0 saturated heterocycles. The molecule has 0 bridgehead atoms. The first kappa shape index (κ1) is 12.1. The van der Waals surface area contributed by atoms with Crippen LogP contribution < -0.4 is 5.32 Å². The number of anilines is 1. The average Bonchev–Trinajstić information content (AvgIpc) is 2.36. The van der Waals surface area contributed by atoms with E-state index >= 15 is 0 Å². The Hall–Kier alpha value is -2.41. The van der Waals surface area contributed by atoms with Crippen molar-refractivity contribution in [2.45, 2.75) is 20.4 Å². The molecule has 0 fully saturated rings. The van der Waals surface area contributed by atoms with Crippen molar-refractivity contribution >= 4 is 5.95 Å². The molecule has 18 heavy (non-hydrogen) atoms. The molecule has 1 heterocycles. The minimum Gasteiger partial charge on any atom is -0.350 e. The lowest BCUT2D eigenvalue weighted by Crippen LogP contribution is -2.05. The second-order valence-corrected chi connectivity index (χ2v) is 4.14. The molecule has 1 aromatic heterocycles. The van der Waals surface area contributed by atoms with E-state index in [0.29, 0.717) is 18.1 Å². The van der Waals surface area contributed by atoms with Crippen molar-refractivity contribution in [2.75, 3.05) is 5.32 Å². The predicted octanol–water partition coefficient (Wildman–Crippen LogP) is 2.58. The van der Waals surface area contributed by atoms with Crippen LogP contribution >= 0.6 is 0 Å². The van der Waals surface area contributed by atoms with Gasteiger partial charge in [0.05, 0.1) is 11.6 Å². The number of hydrogen-bond donors (Lipinski definition) is 1. The molecule has 0 spiro atoms. The summed E-state index contributed by atoms with van der Waals surface area (Å²) in [4.78, 5) is 8.62. The molecule has 0 amide bonds. The molecule has 0 radical (unpaired) electrons. The van der Waals surface area contributed by atoms with Crippen LogP contribution in [0.4, 0.5) is 5.95 Å². The molecule has 4 heteroatoms. The molecule has 2 rings (SSSR count). The van der Waals surface area contributed by atoms with Crippen molar-refractivity contribution in [1.29, 1.82) is 5.26 Å². The van der Waals surface area contributed by atoms with Crippen molar-refractivity contribution < 1.29 is 0 Å². The van der Waals surface area contributed by atoms with Crippen LogP contribution in [0.5, 0.6) is 0 Å². The van der Waals surface area contributed by atoms with Gasteiger partial charge in [0.25, 0.3) is 0 Å². The largest absolute Gasteiger partial charge is 0.350 e. The Morgan fingerprint density at radius 2 is 1.72 bits per heavy atom. The molecule has 0 aliphatic carbocycles. The summed E-state index contributed by atoms with van der Waals surface area (Å²) in [5, 5.41) is 11.9. The zero-order chi connectivity index (χ0) is 13.0. The summed E-state index contributed by atoms with van der Waals surface area (Å²) in [5.41, 5.74) is 3.66. The van der Waals surface area contributed by atoms with Gasteiger partial charge in [0, 0.05) is 17.9 Å². The first-order valence-electron chi connectivity index (χ1n) is 5.72. The maximum atomic E-state index is 8.71. The van der Waals surface area contributed by atoms with Crippen LogP contribution in [0, 0.1) is 25.2 Å². The van der Waals surface area contributed by atoms with Crippen LogP contribution in [-0.2, 0) is 6.54 Å². The highest BCUT2D eigenvalue weighted by Gasteiger charge is 1.99. The van der Waals surface area contributed by atoms with E-state index in [2.05, 4.69) is 21.4 Å². The van der Waals surface area contributed by atoms with Crippen molar-refractivity contribution in [3.63, 3.8) is 0 Å². The van der Waals surface area contributed by atoms with Crippen molar-refractivity contribution in [2.24, 2.45) is 0 Å². The summed E-state index contributed by atoms with van der Waals surface area (Å²) in [7, 11) is 0. The molecule has 1 aromatic carbocycles. The minimum atomic E-state index is 0.636. The Balaban J connectivity index is 2.04. The highest BCUT2D eigenvalue weighted by molar-refractivity contribution is 5.34. The number of rotatable bonds is 3. The van der Waals surface area contributed by atoms with Gasteiger partial charge in [0.1, 0.15) is 0 Å². The van der Waals surface area contributed by atoms with Gasteiger partial charge in [0.2, 0.25) is 5.95 Å². The Morgan fingerprint density at radius 3 is 2.28 bits per heavy atom. The molecular weight excluding hydrogens is 224 g/mol. The van der Waals surface area contributed by atoms with Crippen LogP contribution in [0.1, 0.15) is 22.5 Å². The summed E-state index contributed by atoms with van der Waals surface area (Å²) < 4.78 is 0. The lowest BCUT2D eigenvalue weighted by atomic mass is 10.1. The molecule has 0 unspecified atom stereocenters. The topological polar surface area (TPSA) is 61.6 Å². The Bertz CT molecular complexity index is 561. The van der Waals surface area contributed by atoms with Crippen LogP contribution in [0.3, 0.4) is 0 Å². The van der Waals surface area contributed by atoms with E-state index in [9.17, 15) is 0 Å². The van der Waals surface area contributed by atoms with Crippen molar-refractivity contribution in [3.8, 4) is 6.07 Å². The molecule has 4 nitrogen and oxygen atoms in total. The SMILES string of the molecule is Cc1cc(C)nc(NCc2ccc(C#N)cc2)n1. The number of hydrogen-bond acceptors (Lipinski definition) is 4. The fourth-order valence-corrected chi connectivity index (χ4v) is 1.68. The molecule has 0 saturated carbocycles. The first-order chi connectivity index (χ1) is 8.67. The fourth-order valence-electron chi connectivity index (χ4n) is 1.68. The lowest BCUT2D eigenvalue weighted by Gasteiger charge is -2.06. The van der Waals surface area contributed by atoms with Crippen molar-refractivity contribution in [3.05, 3.63) is 52.8 Å². The summed E-state index contributed by atoms with van der Waals surface area (Å²) >= 11 is 0. The third kappa shape index (κ3) is 3.05. The van der Waals surface area contributed by atoms with Gasteiger partial charge in [0.15, 0.2) is 0 Å². The van der Waals surface area contributed by atoms with Gasteiger partial charge in [-0.3, -0.25) is 0 Å². The van der Waals surface area contributed by atoms with Gasteiger partial charge >= 0.3 is 0 Å². The Labute approximate surface area is 106 Å². The molecule has 2 aromatic rings. The van der Waals surface area contributed by atoms with Gasteiger partial charge in [-0.05, 0) is 37.6 Å². The van der Waals surface area contributed by atoms with Gasteiger partial charge in [-0.2, -0.15) is 5.26 Å². The molecule has 0 aliphatic heterocycles. The van der Waals surface area contributed by atoms with Crippen molar-refractivity contribution in [1.82, 2.24) is 9.97 Å². The van der Waals surface area contributed by atoms with Gasteiger partial charge in [-0.25, -0.2) is 9.97 Å². The van der Waals surface area contributed by atoms with E-state index in [1.807, 2.05) is 32.0 Å². The molecule has 90 valence electrons. The standard InChI is InChI=1S/C14H14N4/c1-10-7-11(2)18-14(17-10)16-9-13-5-3-12(8-15)4-6-13/h3-7H,9H2,1-2H3,(H,16,17,18). The predicted molar refractivity (Wildman–Crippen MR) is 70.0 cm³/mol. The second kappa shape index (κ2) is 5.28. The number of aryl methyl sites for hydroxylation is 2. The molecule has 0 atom stereocenters. The van der Waals surface area contributed by atoms with E-state index in [1.54, 1.807) is 12.1 Å². The number of nitrogens with one attached hydrogen (secondary N) is 1. The maximum Gasteiger partial charge on any atom is 0.223 e. The number of aromatic nitrogens is 2.